The molecular weight excluding hydrogens is 578 g/mol. The maximum absolute atomic E-state index is 12.4. The maximum atomic E-state index is 12.4. The minimum atomic E-state index is -5.07. The van der Waals surface area contributed by atoms with Crippen molar-refractivity contribution in [2.45, 2.75) is 81.1 Å². The van der Waals surface area contributed by atoms with Crippen molar-refractivity contribution < 1.29 is 74.6 Å². The lowest BCUT2D eigenvalue weighted by Crippen LogP contribution is -2.61. The predicted octanol–water partition coefficient (Wildman–Crippen LogP) is 0.427. The number of carbonyl (C=O) groups is 2. The van der Waals surface area contributed by atoms with Gasteiger partial charge in [-0.25, -0.2) is 0 Å². The molecule has 0 radical (unpaired) electrons. The average Bonchev–Trinajstić information content (AvgIpc) is 3.20. The minimum absolute atomic E-state index is 0.0357. The molecule has 236 valence electrons. The van der Waals surface area contributed by atoms with E-state index in [1.807, 2.05) is 5.32 Å². The summed E-state index contributed by atoms with van der Waals surface area (Å²) in [4.78, 5) is 21.8. The molecule has 3 aliphatic rings. The van der Waals surface area contributed by atoms with Gasteiger partial charge < -0.3 is 49.3 Å². The van der Waals surface area contributed by atoms with Gasteiger partial charge in [0.2, 0.25) is 0 Å². The van der Waals surface area contributed by atoms with Crippen LogP contribution in [0.2, 0.25) is 0 Å². The molecule has 12 nitrogen and oxygen atoms in total. The van der Waals surface area contributed by atoms with E-state index in [2.05, 4.69) is 13.2 Å². The fourth-order valence-electron chi connectivity index (χ4n) is 3.89. The molecule has 0 aliphatic carbocycles. The van der Waals surface area contributed by atoms with Crippen molar-refractivity contribution in [1.82, 2.24) is 10.6 Å². The third-order valence-electron chi connectivity index (χ3n) is 5.65. The van der Waals surface area contributed by atoms with Gasteiger partial charge in [0, 0.05) is 0 Å². The van der Waals surface area contributed by atoms with Crippen LogP contribution in [-0.2, 0) is 38.0 Å². The zero-order chi connectivity index (χ0) is 31.2. The Balaban J connectivity index is 0.000000290. The molecule has 18 heteroatoms. The first-order valence-electron chi connectivity index (χ1n) is 12.1. The Morgan fingerprint density at radius 3 is 1.78 bits per heavy atom. The fourth-order valence-corrected chi connectivity index (χ4v) is 3.89. The van der Waals surface area contributed by atoms with Crippen molar-refractivity contribution in [2.24, 2.45) is 0 Å². The van der Waals surface area contributed by atoms with Gasteiger partial charge in [-0.05, 0) is 13.8 Å². The first-order chi connectivity index (χ1) is 18.9. The van der Waals surface area contributed by atoms with Crippen LogP contribution in [0, 0.1) is 0 Å². The Morgan fingerprint density at radius 1 is 0.829 bits per heavy atom. The van der Waals surface area contributed by atoms with Crippen molar-refractivity contribution in [3.8, 4) is 0 Å². The van der Waals surface area contributed by atoms with Crippen molar-refractivity contribution >= 4 is 11.8 Å². The van der Waals surface area contributed by atoms with E-state index >= 15 is 0 Å². The van der Waals surface area contributed by atoms with Gasteiger partial charge >= 0.3 is 24.2 Å². The number of fused-ring (bicyclic) bond motifs is 1. The normalized spacial score (nSPS) is 33.0. The summed E-state index contributed by atoms with van der Waals surface area (Å²) in [5, 5.41) is 22.6. The van der Waals surface area contributed by atoms with Crippen LogP contribution in [0.25, 0.3) is 0 Å². The summed E-state index contributed by atoms with van der Waals surface area (Å²) in [5.41, 5.74) is 0. The van der Waals surface area contributed by atoms with Gasteiger partial charge in [-0.15, -0.1) is 13.2 Å². The summed E-state index contributed by atoms with van der Waals surface area (Å²) in [6.07, 6.45) is -13.9. The summed E-state index contributed by atoms with van der Waals surface area (Å²) >= 11 is 0. The topological polar surface area (TPSA) is 154 Å². The highest BCUT2D eigenvalue weighted by Gasteiger charge is 2.54. The van der Waals surface area contributed by atoms with Gasteiger partial charge in [0.1, 0.15) is 24.4 Å². The number of rotatable bonds is 8. The highest BCUT2D eigenvalue weighted by molar-refractivity contribution is 5.82. The number of ether oxygens (including phenoxy) is 6. The van der Waals surface area contributed by atoms with E-state index in [4.69, 9.17) is 28.4 Å². The second-order valence-electron chi connectivity index (χ2n) is 9.35. The molecule has 0 aromatic carbocycles. The molecule has 3 saturated heterocycles. The van der Waals surface area contributed by atoms with Crippen molar-refractivity contribution in [2.75, 3.05) is 26.4 Å². The van der Waals surface area contributed by atoms with Crippen LogP contribution in [0.15, 0.2) is 25.3 Å². The van der Waals surface area contributed by atoms with Crippen LogP contribution in [0.3, 0.4) is 0 Å². The van der Waals surface area contributed by atoms with Crippen LogP contribution < -0.4 is 10.6 Å². The van der Waals surface area contributed by atoms with Crippen LogP contribution in [-0.4, -0.2) is 116 Å². The largest absolute Gasteiger partial charge is 0.471 e. The summed E-state index contributed by atoms with van der Waals surface area (Å²) in [6.45, 7) is 9.75. The monoisotopic (exact) mass is 610 g/mol. The first kappa shape index (κ1) is 34.9. The number of amides is 2. The molecule has 0 saturated carbocycles. The zero-order valence-electron chi connectivity index (χ0n) is 21.9. The molecular formula is C23H32F6N2O10. The lowest BCUT2D eigenvalue weighted by atomic mass is 10.0. The van der Waals surface area contributed by atoms with Crippen molar-refractivity contribution in [1.29, 1.82) is 0 Å². The molecule has 0 aromatic rings. The molecule has 41 heavy (non-hydrogen) atoms. The standard InChI is InChI=1S/C13H18F3NO5.C10H14F3NO5/c1-4-5-19-10-9-8(21-12(2,3)22-9)7(6-20-10)17-11(18)13(14,15)16;1-2-3-18-8-7(16)6(15)5(4-19-8)14-9(17)10(11,12)13/h4,7-10H,1,5-6H2,2-3H3,(H,17,18);2,5-8,15-16H,1,3-4H2,(H,14,17)/t7-,8-,9-,10-;5-,6-,7-,8-/m00/s1. The van der Waals surface area contributed by atoms with E-state index in [-0.39, 0.29) is 19.8 Å². The van der Waals surface area contributed by atoms with Crippen LogP contribution in [0.5, 0.6) is 0 Å². The highest BCUT2D eigenvalue weighted by atomic mass is 19.4. The van der Waals surface area contributed by atoms with Gasteiger partial charge in [-0.3, -0.25) is 9.59 Å². The van der Waals surface area contributed by atoms with Crippen LogP contribution >= 0.6 is 0 Å². The summed E-state index contributed by atoms with van der Waals surface area (Å²) < 4.78 is 105. The smallest absolute Gasteiger partial charge is 0.388 e. The maximum Gasteiger partial charge on any atom is 0.471 e. The molecule has 3 rings (SSSR count). The molecule has 4 N–H and O–H groups in total. The molecule has 0 aromatic heterocycles. The number of nitrogens with one attached hydrogen (secondary N) is 2. The van der Waals surface area contributed by atoms with E-state index in [1.165, 1.54) is 12.2 Å². The molecule has 3 aliphatic heterocycles. The number of alkyl halides is 6. The molecule has 0 unspecified atom stereocenters. The highest BCUT2D eigenvalue weighted by Crippen LogP contribution is 2.36. The molecule has 3 heterocycles. The van der Waals surface area contributed by atoms with E-state index in [9.17, 15) is 46.1 Å². The SMILES string of the molecule is C=CCO[C@H]1OC[C@H](NC(=O)C(F)(F)F)[C@@H]2OC(C)(C)O[C@H]12.C=CCO[C@H]1OC[C@H](NC(=O)C(F)(F)F)[C@H](O)[C@@H]1O. The molecule has 2 amide bonds. The Morgan fingerprint density at radius 2 is 1.27 bits per heavy atom. The third kappa shape index (κ3) is 9.88. The summed E-state index contributed by atoms with van der Waals surface area (Å²) in [5.74, 6) is -5.27. The van der Waals surface area contributed by atoms with Crippen LogP contribution in [0.4, 0.5) is 26.3 Å². The Bertz CT molecular complexity index is 918. The summed E-state index contributed by atoms with van der Waals surface area (Å²) in [6, 6.07) is -2.35. The second-order valence-corrected chi connectivity index (χ2v) is 9.35. The van der Waals surface area contributed by atoms with E-state index in [1.54, 1.807) is 19.2 Å². The molecule has 0 bridgehead atoms. The second kappa shape index (κ2) is 14.2. The molecule has 0 spiro atoms. The van der Waals surface area contributed by atoms with E-state index in [0.29, 0.717) is 0 Å². The number of carbonyl (C=O) groups excluding carboxylic acids is 2. The lowest BCUT2D eigenvalue weighted by molar-refractivity contribution is -0.248. The minimum Gasteiger partial charge on any atom is -0.388 e. The average molecular weight is 611 g/mol. The van der Waals surface area contributed by atoms with Crippen LogP contribution in [0.1, 0.15) is 13.8 Å². The third-order valence-corrected chi connectivity index (χ3v) is 5.65. The zero-order valence-corrected chi connectivity index (χ0v) is 21.9. The Hall–Kier alpha value is -2.32. The van der Waals surface area contributed by atoms with E-state index in [0.717, 1.165) is 0 Å². The lowest BCUT2D eigenvalue weighted by Gasteiger charge is -2.37. The number of aliphatic hydroxyl groups excluding tert-OH is 2. The molecule has 3 fully saturated rings. The van der Waals surface area contributed by atoms with Gasteiger partial charge in [-0.1, -0.05) is 12.2 Å². The number of hydrogen-bond acceptors (Lipinski definition) is 10. The molecule has 8 atom stereocenters. The van der Waals surface area contributed by atoms with E-state index < -0.39 is 85.6 Å². The fraction of sp³-hybridized carbons (Fsp3) is 0.739. The van der Waals surface area contributed by atoms with Gasteiger partial charge in [0.15, 0.2) is 18.4 Å². The number of hydrogen-bond donors (Lipinski definition) is 4. The first-order valence-corrected chi connectivity index (χ1v) is 12.1. The van der Waals surface area contributed by atoms with Gasteiger partial charge in [0.25, 0.3) is 0 Å². The summed E-state index contributed by atoms with van der Waals surface area (Å²) in [7, 11) is 0. The van der Waals surface area contributed by atoms with Crippen molar-refractivity contribution in [3.05, 3.63) is 25.3 Å². The quantitative estimate of drug-likeness (QED) is 0.225. The Kier molecular flexibility index (Phi) is 12.1. The number of halogens is 6. The predicted molar refractivity (Wildman–Crippen MR) is 124 cm³/mol. The van der Waals surface area contributed by atoms with Gasteiger partial charge in [-0.2, -0.15) is 26.3 Å². The number of aliphatic hydroxyl groups is 2. The van der Waals surface area contributed by atoms with Gasteiger partial charge in [0.05, 0.1) is 38.5 Å². The Labute approximate surface area is 230 Å². The van der Waals surface area contributed by atoms with Crippen molar-refractivity contribution in [3.63, 3.8) is 0 Å².